The van der Waals surface area contributed by atoms with Gasteiger partial charge in [-0.1, -0.05) is 24.3 Å². The average Bonchev–Trinajstić information content (AvgIpc) is 2.45. The standard InChI is InChI=1S/C18H20O2/c1-13-11-16(12-14(2)18(13)20-4)6-5-15-7-9-17(19-3)10-8-15/h5-12H,1-4H3/b6-5+. The molecule has 0 saturated heterocycles. The molecule has 0 aromatic heterocycles. The van der Waals surface area contributed by atoms with E-state index in [-0.39, 0.29) is 0 Å². The Bertz CT molecular complexity index is 587. The van der Waals surface area contributed by atoms with Crippen LogP contribution in [0, 0.1) is 13.8 Å². The molecule has 0 aliphatic rings. The van der Waals surface area contributed by atoms with Crippen molar-refractivity contribution in [2.45, 2.75) is 13.8 Å². The molecular formula is C18H20O2. The van der Waals surface area contributed by atoms with Crippen molar-refractivity contribution in [2.24, 2.45) is 0 Å². The molecule has 20 heavy (non-hydrogen) atoms. The van der Waals surface area contributed by atoms with Gasteiger partial charge in [0.1, 0.15) is 11.5 Å². The number of hydrogen-bond acceptors (Lipinski definition) is 2. The van der Waals surface area contributed by atoms with Crippen molar-refractivity contribution in [3.63, 3.8) is 0 Å². The van der Waals surface area contributed by atoms with E-state index in [1.165, 1.54) is 5.56 Å². The van der Waals surface area contributed by atoms with E-state index in [9.17, 15) is 0 Å². The average molecular weight is 268 g/mol. The van der Waals surface area contributed by atoms with Gasteiger partial charge in [0.25, 0.3) is 0 Å². The van der Waals surface area contributed by atoms with Crippen molar-refractivity contribution in [3.05, 3.63) is 58.7 Å². The molecule has 0 aliphatic heterocycles. The summed E-state index contributed by atoms with van der Waals surface area (Å²) in [6, 6.07) is 12.3. The third-order valence-electron chi connectivity index (χ3n) is 3.27. The van der Waals surface area contributed by atoms with Crippen molar-refractivity contribution in [2.75, 3.05) is 14.2 Å². The molecule has 0 unspecified atom stereocenters. The lowest BCUT2D eigenvalue weighted by Crippen LogP contribution is -1.91. The van der Waals surface area contributed by atoms with E-state index in [2.05, 4.69) is 38.1 Å². The van der Waals surface area contributed by atoms with E-state index in [4.69, 9.17) is 9.47 Å². The number of rotatable bonds is 4. The highest BCUT2D eigenvalue weighted by Crippen LogP contribution is 2.25. The summed E-state index contributed by atoms with van der Waals surface area (Å²) < 4.78 is 10.5. The van der Waals surface area contributed by atoms with E-state index < -0.39 is 0 Å². The minimum atomic E-state index is 0.873. The van der Waals surface area contributed by atoms with Gasteiger partial charge in [-0.15, -0.1) is 0 Å². The summed E-state index contributed by atoms with van der Waals surface area (Å²) >= 11 is 0. The third-order valence-corrected chi connectivity index (χ3v) is 3.27. The first kappa shape index (κ1) is 14.2. The van der Waals surface area contributed by atoms with Crippen molar-refractivity contribution in [3.8, 4) is 11.5 Å². The van der Waals surface area contributed by atoms with Crippen molar-refractivity contribution in [1.29, 1.82) is 0 Å². The molecule has 0 radical (unpaired) electrons. The van der Waals surface area contributed by atoms with Gasteiger partial charge in [0.15, 0.2) is 0 Å². The van der Waals surface area contributed by atoms with Crippen LogP contribution in [0.3, 0.4) is 0 Å². The lowest BCUT2D eigenvalue weighted by Gasteiger charge is -2.09. The summed E-state index contributed by atoms with van der Waals surface area (Å²) in [5.74, 6) is 1.84. The first-order valence-corrected chi connectivity index (χ1v) is 6.61. The Morgan fingerprint density at radius 2 is 1.30 bits per heavy atom. The molecule has 2 heteroatoms. The maximum absolute atomic E-state index is 5.38. The fourth-order valence-electron chi connectivity index (χ4n) is 2.31. The molecular weight excluding hydrogens is 248 g/mol. The van der Waals surface area contributed by atoms with E-state index >= 15 is 0 Å². The predicted octanol–water partition coefficient (Wildman–Crippen LogP) is 4.49. The Labute approximate surface area is 120 Å². The topological polar surface area (TPSA) is 18.5 Å². The summed E-state index contributed by atoms with van der Waals surface area (Å²) in [5, 5.41) is 0. The minimum Gasteiger partial charge on any atom is -0.497 e. The maximum atomic E-state index is 5.38. The molecule has 2 aromatic carbocycles. The SMILES string of the molecule is COc1ccc(/C=C/c2cc(C)c(OC)c(C)c2)cc1. The second-order valence-electron chi connectivity index (χ2n) is 4.79. The first-order valence-electron chi connectivity index (χ1n) is 6.61. The number of aryl methyl sites for hydroxylation is 2. The monoisotopic (exact) mass is 268 g/mol. The van der Waals surface area contributed by atoms with Crippen LogP contribution in [-0.4, -0.2) is 14.2 Å². The lowest BCUT2D eigenvalue weighted by atomic mass is 10.0. The second-order valence-corrected chi connectivity index (χ2v) is 4.79. The van der Waals surface area contributed by atoms with Crippen LogP contribution in [0.25, 0.3) is 12.2 Å². The lowest BCUT2D eigenvalue weighted by molar-refractivity contribution is 0.408. The fourth-order valence-corrected chi connectivity index (χ4v) is 2.31. The molecule has 2 rings (SSSR count). The second kappa shape index (κ2) is 6.29. The Balaban J connectivity index is 2.22. The van der Waals surface area contributed by atoms with E-state index in [1.54, 1.807) is 14.2 Å². The summed E-state index contributed by atoms with van der Waals surface area (Å²) in [4.78, 5) is 0. The van der Waals surface area contributed by atoms with Crippen molar-refractivity contribution < 1.29 is 9.47 Å². The van der Waals surface area contributed by atoms with E-state index in [0.717, 1.165) is 28.2 Å². The van der Waals surface area contributed by atoms with Crippen LogP contribution >= 0.6 is 0 Å². The van der Waals surface area contributed by atoms with Gasteiger partial charge in [0, 0.05) is 0 Å². The molecule has 0 bridgehead atoms. The summed E-state index contributed by atoms with van der Waals surface area (Å²) in [6.07, 6.45) is 4.21. The Hall–Kier alpha value is -2.22. The van der Waals surface area contributed by atoms with Crippen molar-refractivity contribution >= 4 is 12.2 Å². The first-order chi connectivity index (χ1) is 9.63. The molecule has 0 fully saturated rings. The van der Waals surface area contributed by atoms with E-state index in [1.807, 2.05) is 24.3 Å². The zero-order valence-corrected chi connectivity index (χ0v) is 12.4. The zero-order chi connectivity index (χ0) is 14.5. The van der Waals surface area contributed by atoms with Crippen LogP contribution in [0.5, 0.6) is 11.5 Å². The third kappa shape index (κ3) is 3.21. The summed E-state index contributed by atoms with van der Waals surface area (Å²) in [5.41, 5.74) is 4.64. The highest BCUT2D eigenvalue weighted by molar-refractivity contribution is 5.71. The highest BCUT2D eigenvalue weighted by Gasteiger charge is 2.03. The van der Waals surface area contributed by atoms with Gasteiger partial charge in [-0.2, -0.15) is 0 Å². The molecule has 0 heterocycles. The van der Waals surface area contributed by atoms with Gasteiger partial charge in [0.05, 0.1) is 14.2 Å². The Morgan fingerprint density at radius 3 is 1.80 bits per heavy atom. The summed E-state index contributed by atoms with van der Waals surface area (Å²) in [6.45, 7) is 4.13. The molecule has 0 amide bonds. The molecule has 0 aliphatic carbocycles. The van der Waals surface area contributed by atoms with Crippen LogP contribution in [0.15, 0.2) is 36.4 Å². The number of benzene rings is 2. The van der Waals surface area contributed by atoms with Crippen LogP contribution in [0.4, 0.5) is 0 Å². The predicted molar refractivity (Wildman–Crippen MR) is 84.4 cm³/mol. The van der Waals surface area contributed by atoms with Crippen LogP contribution in [0.1, 0.15) is 22.3 Å². The molecule has 104 valence electrons. The highest BCUT2D eigenvalue weighted by atomic mass is 16.5. The zero-order valence-electron chi connectivity index (χ0n) is 12.4. The molecule has 0 atom stereocenters. The summed E-state index contributed by atoms with van der Waals surface area (Å²) in [7, 11) is 3.38. The smallest absolute Gasteiger partial charge is 0.124 e. The van der Waals surface area contributed by atoms with E-state index in [0.29, 0.717) is 0 Å². The molecule has 2 aromatic rings. The maximum Gasteiger partial charge on any atom is 0.124 e. The molecule has 0 N–H and O–H groups in total. The quantitative estimate of drug-likeness (QED) is 0.761. The molecule has 0 saturated carbocycles. The van der Waals surface area contributed by atoms with Crippen LogP contribution in [-0.2, 0) is 0 Å². The van der Waals surface area contributed by atoms with Crippen molar-refractivity contribution in [1.82, 2.24) is 0 Å². The largest absolute Gasteiger partial charge is 0.497 e. The van der Waals surface area contributed by atoms with Crippen LogP contribution in [0.2, 0.25) is 0 Å². The van der Waals surface area contributed by atoms with Gasteiger partial charge in [0.2, 0.25) is 0 Å². The number of methoxy groups -OCH3 is 2. The molecule has 2 nitrogen and oxygen atoms in total. The fraction of sp³-hybridized carbons (Fsp3) is 0.222. The Morgan fingerprint density at radius 1 is 0.750 bits per heavy atom. The van der Waals surface area contributed by atoms with Gasteiger partial charge < -0.3 is 9.47 Å². The van der Waals surface area contributed by atoms with Crippen LogP contribution < -0.4 is 9.47 Å². The Kier molecular flexibility index (Phi) is 4.46. The normalized spacial score (nSPS) is 10.8. The van der Waals surface area contributed by atoms with Gasteiger partial charge in [-0.3, -0.25) is 0 Å². The number of ether oxygens (including phenoxy) is 2. The van der Waals surface area contributed by atoms with Gasteiger partial charge >= 0.3 is 0 Å². The minimum absolute atomic E-state index is 0.873. The van der Waals surface area contributed by atoms with Gasteiger partial charge in [-0.25, -0.2) is 0 Å². The number of hydrogen-bond donors (Lipinski definition) is 0. The van der Waals surface area contributed by atoms with Gasteiger partial charge in [-0.05, 0) is 60.4 Å². The molecule has 0 spiro atoms.